The first-order valence-electron chi connectivity index (χ1n) is 6.67. The third-order valence-corrected chi connectivity index (χ3v) is 3.58. The summed E-state index contributed by atoms with van der Waals surface area (Å²) >= 11 is 0. The van der Waals surface area contributed by atoms with Crippen molar-refractivity contribution < 1.29 is 4.42 Å². The molecule has 0 amide bonds. The monoisotopic (exact) mass is 260 g/mol. The molecule has 1 aliphatic rings. The molecule has 102 valence electrons. The Morgan fingerprint density at radius 1 is 1.47 bits per heavy atom. The van der Waals surface area contributed by atoms with Crippen LogP contribution in [0.5, 0.6) is 0 Å². The molecule has 5 nitrogen and oxygen atoms in total. The van der Waals surface area contributed by atoms with Crippen LogP contribution in [0, 0.1) is 5.92 Å². The summed E-state index contributed by atoms with van der Waals surface area (Å²) < 4.78 is 5.81. The molecule has 2 heterocycles. The molecule has 0 bridgehead atoms. The number of fused-ring (bicyclic) bond motifs is 1. The van der Waals surface area contributed by atoms with Crippen LogP contribution in [0.25, 0.3) is 11.1 Å². The number of benzene rings is 1. The molecule has 1 atom stereocenters. The standard InChI is InChI=1S/C14H20N4O/c1-17(2)8-10-5-6-18(9-10)14-16-12-7-11(15)3-4-13(12)19-14/h3-4,7,10H,5-6,8-9,15H2,1-2H3. The summed E-state index contributed by atoms with van der Waals surface area (Å²) in [4.78, 5) is 9.00. The summed E-state index contributed by atoms with van der Waals surface area (Å²) in [6.45, 7) is 3.14. The van der Waals surface area contributed by atoms with Crippen LogP contribution in [0.15, 0.2) is 22.6 Å². The molecule has 2 aromatic rings. The van der Waals surface area contributed by atoms with Gasteiger partial charge in [-0.2, -0.15) is 4.98 Å². The minimum Gasteiger partial charge on any atom is -0.423 e. The Kier molecular flexibility index (Phi) is 3.06. The van der Waals surface area contributed by atoms with Gasteiger partial charge in [-0.05, 0) is 44.6 Å². The van der Waals surface area contributed by atoms with Crippen molar-refractivity contribution in [2.75, 3.05) is 44.4 Å². The van der Waals surface area contributed by atoms with Gasteiger partial charge < -0.3 is 20.0 Å². The molecular weight excluding hydrogens is 240 g/mol. The lowest BCUT2D eigenvalue weighted by molar-refractivity contribution is 0.340. The lowest BCUT2D eigenvalue weighted by atomic mass is 10.1. The van der Waals surface area contributed by atoms with Crippen LogP contribution >= 0.6 is 0 Å². The normalized spacial score (nSPS) is 19.7. The highest BCUT2D eigenvalue weighted by Crippen LogP contribution is 2.27. The van der Waals surface area contributed by atoms with Crippen LogP contribution < -0.4 is 10.6 Å². The van der Waals surface area contributed by atoms with E-state index in [4.69, 9.17) is 10.2 Å². The number of rotatable bonds is 3. The Bertz CT molecular complexity index is 578. The van der Waals surface area contributed by atoms with Gasteiger partial charge in [-0.3, -0.25) is 0 Å². The van der Waals surface area contributed by atoms with Gasteiger partial charge >= 0.3 is 0 Å². The molecule has 5 heteroatoms. The second-order valence-electron chi connectivity index (χ2n) is 5.59. The Morgan fingerprint density at radius 3 is 3.11 bits per heavy atom. The van der Waals surface area contributed by atoms with Crippen LogP contribution in [0.2, 0.25) is 0 Å². The van der Waals surface area contributed by atoms with Crippen LogP contribution in [0.3, 0.4) is 0 Å². The SMILES string of the molecule is CN(C)CC1CCN(c2nc3cc(N)ccc3o2)C1. The summed E-state index contributed by atoms with van der Waals surface area (Å²) in [5.41, 5.74) is 8.13. The van der Waals surface area contributed by atoms with Crippen molar-refractivity contribution in [3.8, 4) is 0 Å². The number of hydrogen-bond donors (Lipinski definition) is 1. The van der Waals surface area contributed by atoms with E-state index in [1.54, 1.807) is 0 Å². The Labute approximate surface area is 113 Å². The molecule has 1 aliphatic heterocycles. The highest BCUT2D eigenvalue weighted by Gasteiger charge is 2.26. The predicted octanol–water partition coefficient (Wildman–Crippen LogP) is 1.80. The van der Waals surface area contributed by atoms with Gasteiger partial charge in [-0.25, -0.2) is 0 Å². The minimum absolute atomic E-state index is 0.690. The topological polar surface area (TPSA) is 58.5 Å². The fraction of sp³-hybridized carbons (Fsp3) is 0.500. The van der Waals surface area contributed by atoms with Gasteiger partial charge in [-0.1, -0.05) is 0 Å². The maximum Gasteiger partial charge on any atom is 0.298 e. The van der Waals surface area contributed by atoms with Gasteiger partial charge in [0.2, 0.25) is 0 Å². The molecule has 3 rings (SSSR count). The van der Waals surface area contributed by atoms with E-state index >= 15 is 0 Å². The molecule has 0 radical (unpaired) electrons. The molecule has 1 aromatic carbocycles. The Hall–Kier alpha value is -1.75. The van der Waals surface area contributed by atoms with Gasteiger partial charge in [0.1, 0.15) is 5.52 Å². The van der Waals surface area contributed by atoms with Crippen LogP contribution in [-0.4, -0.2) is 43.6 Å². The first-order valence-corrected chi connectivity index (χ1v) is 6.67. The van der Waals surface area contributed by atoms with E-state index in [0.717, 1.165) is 42.4 Å². The van der Waals surface area contributed by atoms with E-state index < -0.39 is 0 Å². The lowest BCUT2D eigenvalue weighted by Crippen LogP contribution is -2.25. The molecule has 19 heavy (non-hydrogen) atoms. The van der Waals surface area contributed by atoms with Crippen molar-refractivity contribution in [3.05, 3.63) is 18.2 Å². The summed E-state index contributed by atoms with van der Waals surface area (Å²) in [6.07, 6.45) is 1.19. The van der Waals surface area contributed by atoms with E-state index in [1.807, 2.05) is 18.2 Å². The van der Waals surface area contributed by atoms with Crippen molar-refractivity contribution in [1.82, 2.24) is 9.88 Å². The predicted molar refractivity (Wildman–Crippen MR) is 77.3 cm³/mol. The molecule has 1 aromatic heterocycles. The zero-order valence-corrected chi connectivity index (χ0v) is 11.5. The minimum atomic E-state index is 0.690. The largest absolute Gasteiger partial charge is 0.423 e. The zero-order valence-electron chi connectivity index (χ0n) is 11.5. The van der Waals surface area contributed by atoms with Crippen molar-refractivity contribution in [1.29, 1.82) is 0 Å². The van der Waals surface area contributed by atoms with E-state index in [0.29, 0.717) is 5.92 Å². The van der Waals surface area contributed by atoms with E-state index in [1.165, 1.54) is 6.42 Å². The van der Waals surface area contributed by atoms with Crippen molar-refractivity contribution in [3.63, 3.8) is 0 Å². The van der Waals surface area contributed by atoms with Crippen LogP contribution in [0.4, 0.5) is 11.7 Å². The second kappa shape index (κ2) is 4.74. The zero-order chi connectivity index (χ0) is 13.4. The number of nitrogen functional groups attached to an aromatic ring is 1. The molecule has 0 aliphatic carbocycles. The smallest absolute Gasteiger partial charge is 0.298 e. The molecule has 1 unspecified atom stereocenters. The first kappa shape index (κ1) is 12.3. The summed E-state index contributed by atoms with van der Waals surface area (Å²) in [6, 6.07) is 6.31. The molecule has 0 saturated carbocycles. The van der Waals surface area contributed by atoms with Crippen molar-refractivity contribution in [2.24, 2.45) is 5.92 Å². The van der Waals surface area contributed by atoms with Crippen LogP contribution in [-0.2, 0) is 0 Å². The highest BCUT2D eigenvalue weighted by molar-refractivity contribution is 5.78. The molecular formula is C14H20N4O. The van der Waals surface area contributed by atoms with Crippen molar-refractivity contribution >= 4 is 22.8 Å². The van der Waals surface area contributed by atoms with E-state index in [-0.39, 0.29) is 0 Å². The van der Waals surface area contributed by atoms with Gasteiger partial charge in [-0.15, -0.1) is 0 Å². The number of oxazole rings is 1. The Morgan fingerprint density at radius 2 is 2.32 bits per heavy atom. The number of nitrogens with two attached hydrogens (primary N) is 1. The maximum absolute atomic E-state index is 5.81. The Balaban J connectivity index is 1.78. The average Bonchev–Trinajstić information content (AvgIpc) is 2.93. The number of anilines is 2. The second-order valence-corrected chi connectivity index (χ2v) is 5.59. The van der Waals surface area contributed by atoms with E-state index in [9.17, 15) is 0 Å². The van der Waals surface area contributed by atoms with Gasteiger partial charge in [0, 0.05) is 25.3 Å². The fourth-order valence-corrected chi connectivity index (χ4v) is 2.74. The van der Waals surface area contributed by atoms with Crippen LogP contribution in [0.1, 0.15) is 6.42 Å². The average molecular weight is 260 g/mol. The molecule has 2 N–H and O–H groups in total. The molecule has 1 saturated heterocycles. The summed E-state index contributed by atoms with van der Waals surface area (Å²) in [7, 11) is 4.23. The molecule has 0 spiro atoms. The van der Waals surface area contributed by atoms with Crippen molar-refractivity contribution in [2.45, 2.75) is 6.42 Å². The maximum atomic E-state index is 5.81. The highest BCUT2D eigenvalue weighted by atomic mass is 16.4. The van der Waals surface area contributed by atoms with Gasteiger partial charge in [0.25, 0.3) is 6.01 Å². The van der Waals surface area contributed by atoms with Gasteiger partial charge in [0.15, 0.2) is 5.58 Å². The molecule has 1 fully saturated rings. The first-order chi connectivity index (χ1) is 9.11. The summed E-state index contributed by atoms with van der Waals surface area (Å²) in [5, 5.41) is 0. The van der Waals surface area contributed by atoms with Gasteiger partial charge in [0.05, 0.1) is 0 Å². The third kappa shape index (κ3) is 2.51. The van der Waals surface area contributed by atoms with E-state index in [2.05, 4.69) is 28.9 Å². The number of aromatic nitrogens is 1. The third-order valence-electron chi connectivity index (χ3n) is 3.58. The fourth-order valence-electron chi connectivity index (χ4n) is 2.74. The summed E-state index contributed by atoms with van der Waals surface area (Å²) in [5.74, 6) is 0.690. The number of nitrogens with zero attached hydrogens (tertiary/aromatic N) is 3. The lowest BCUT2D eigenvalue weighted by Gasteiger charge is -2.16. The quantitative estimate of drug-likeness (QED) is 0.853. The number of hydrogen-bond acceptors (Lipinski definition) is 5.